The highest BCUT2D eigenvalue weighted by Crippen LogP contribution is 2.21. The number of para-hydroxylation sites is 2. The standard InChI is InChI=1S/C11H14ClNO.C9H10ClNO.2CO2/c1-3-8(2)11(14)13-10-7-5-4-6-9(10)12;1-2-9(12)11-8-6-4-3-5-7(8)10;2*2-1-3/h4-8H,3H2,1-2H3,(H,13,14);3-6H,2H2,1H3,(H,11,12);;. The van der Waals surface area contributed by atoms with E-state index in [1.165, 1.54) is 0 Å². The zero-order chi connectivity index (χ0) is 24.9. The van der Waals surface area contributed by atoms with Gasteiger partial charge in [0.25, 0.3) is 0 Å². The molecule has 0 saturated heterocycles. The van der Waals surface area contributed by atoms with Crippen molar-refractivity contribution >= 4 is 58.7 Å². The molecule has 2 rings (SSSR count). The molecule has 2 amide bonds. The minimum Gasteiger partial charge on any atom is -0.325 e. The highest BCUT2D eigenvalue weighted by Gasteiger charge is 2.11. The lowest BCUT2D eigenvalue weighted by Gasteiger charge is -2.10. The minimum absolute atomic E-state index is 0.0144. The van der Waals surface area contributed by atoms with E-state index in [4.69, 9.17) is 42.4 Å². The van der Waals surface area contributed by atoms with Crippen molar-refractivity contribution in [1.82, 2.24) is 0 Å². The third-order valence-corrected chi connectivity index (χ3v) is 4.32. The number of hydrogen-bond acceptors (Lipinski definition) is 6. The van der Waals surface area contributed by atoms with Crippen molar-refractivity contribution in [3.63, 3.8) is 0 Å². The Morgan fingerprint density at radius 3 is 1.53 bits per heavy atom. The maximum absolute atomic E-state index is 11.5. The van der Waals surface area contributed by atoms with Crippen LogP contribution < -0.4 is 10.6 Å². The number of amides is 2. The second kappa shape index (κ2) is 19.7. The van der Waals surface area contributed by atoms with E-state index >= 15 is 0 Å². The van der Waals surface area contributed by atoms with Crippen LogP contribution in [0, 0.1) is 5.92 Å². The number of halogens is 2. The summed E-state index contributed by atoms with van der Waals surface area (Å²) in [7, 11) is 0. The van der Waals surface area contributed by atoms with Gasteiger partial charge in [-0.15, -0.1) is 0 Å². The average Bonchev–Trinajstić information content (AvgIpc) is 2.77. The Hall–Kier alpha value is -3.28. The molecule has 0 spiro atoms. The van der Waals surface area contributed by atoms with Gasteiger partial charge in [-0.25, -0.2) is 0 Å². The largest absolute Gasteiger partial charge is 0.373 e. The Kier molecular flexibility index (Phi) is 19.0. The van der Waals surface area contributed by atoms with Crippen molar-refractivity contribution in [3.05, 3.63) is 58.6 Å². The lowest BCUT2D eigenvalue weighted by Crippen LogP contribution is -2.19. The molecule has 0 radical (unpaired) electrons. The predicted octanol–water partition coefficient (Wildman–Crippen LogP) is 4.85. The number of rotatable bonds is 5. The summed E-state index contributed by atoms with van der Waals surface area (Å²) in [6.07, 6.45) is 1.79. The van der Waals surface area contributed by atoms with Crippen LogP contribution in [0.4, 0.5) is 11.4 Å². The van der Waals surface area contributed by atoms with E-state index in [0.29, 0.717) is 27.8 Å². The van der Waals surface area contributed by atoms with Crippen LogP contribution in [0.3, 0.4) is 0 Å². The summed E-state index contributed by atoms with van der Waals surface area (Å²) < 4.78 is 0. The normalized spacial score (nSPS) is 9.41. The zero-order valence-corrected chi connectivity index (χ0v) is 19.3. The molecule has 0 saturated carbocycles. The van der Waals surface area contributed by atoms with Crippen LogP contribution in [0.5, 0.6) is 0 Å². The molecule has 172 valence electrons. The van der Waals surface area contributed by atoms with Gasteiger partial charge < -0.3 is 10.6 Å². The second-order valence-electron chi connectivity index (χ2n) is 5.83. The van der Waals surface area contributed by atoms with Crippen LogP contribution >= 0.6 is 23.2 Å². The molecular formula is C22H24Cl2N2O6. The Morgan fingerprint density at radius 2 is 1.19 bits per heavy atom. The smallest absolute Gasteiger partial charge is 0.325 e. The first kappa shape index (κ1) is 30.9. The Labute approximate surface area is 196 Å². The number of anilines is 2. The van der Waals surface area contributed by atoms with Crippen LogP contribution in [-0.2, 0) is 28.8 Å². The van der Waals surface area contributed by atoms with Gasteiger partial charge in [0.2, 0.25) is 11.8 Å². The van der Waals surface area contributed by atoms with Crippen LogP contribution in [0.2, 0.25) is 10.0 Å². The average molecular weight is 483 g/mol. The van der Waals surface area contributed by atoms with Crippen LogP contribution in [0.25, 0.3) is 0 Å². The zero-order valence-electron chi connectivity index (χ0n) is 17.8. The molecule has 1 unspecified atom stereocenters. The summed E-state index contributed by atoms with van der Waals surface area (Å²) in [5, 5.41) is 6.62. The molecule has 0 bridgehead atoms. The molecule has 2 aromatic carbocycles. The number of carbonyl (C=O) groups is 2. The molecular weight excluding hydrogens is 459 g/mol. The van der Waals surface area contributed by atoms with E-state index < -0.39 is 0 Å². The lowest BCUT2D eigenvalue weighted by molar-refractivity contribution is -0.193. The number of nitrogens with one attached hydrogen (secondary N) is 2. The van der Waals surface area contributed by atoms with Crippen LogP contribution in [0.1, 0.15) is 33.6 Å². The molecule has 10 heteroatoms. The van der Waals surface area contributed by atoms with E-state index in [-0.39, 0.29) is 30.0 Å². The van der Waals surface area contributed by atoms with E-state index in [1.807, 2.05) is 38.1 Å². The Balaban J connectivity index is 0. The molecule has 0 fully saturated rings. The van der Waals surface area contributed by atoms with Crippen molar-refractivity contribution in [2.24, 2.45) is 5.92 Å². The third kappa shape index (κ3) is 14.7. The maximum Gasteiger partial charge on any atom is 0.373 e. The first-order valence-electron chi connectivity index (χ1n) is 9.30. The quantitative estimate of drug-likeness (QED) is 0.626. The fraction of sp³-hybridized carbons (Fsp3) is 0.273. The minimum atomic E-state index is -0.0249. The fourth-order valence-electron chi connectivity index (χ4n) is 1.81. The first-order chi connectivity index (χ1) is 15.2. The molecule has 0 aliphatic rings. The third-order valence-electron chi connectivity index (χ3n) is 3.66. The van der Waals surface area contributed by atoms with E-state index in [0.717, 1.165) is 6.42 Å². The summed E-state index contributed by atoms with van der Waals surface area (Å²) in [6.45, 7) is 5.68. The van der Waals surface area contributed by atoms with Gasteiger partial charge >= 0.3 is 12.3 Å². The predicted molar refractivity (Wildman–Crippen MR) is 120 cm³/mol. The maximum atomic E-state index is 11.5. The van der Waals surface area contributed by atoms with E-state index in [9.17, 15) is 9.59 Å². The van der Waals surface area contributed by atoms with Gasteiger partial charge in [-0.2, -0.15) is 19.2 Å². The molecule has 32 heavy (non-hydrogen) atoms. The highest BCUT2D eigenvalue weighted by molar-refractivity contribution is 6.34. The molecule has 0 aliphatic carbocycles. The summed E-state index contributed by atoms with van der Waals surface area (Å²) in [6, 6.07) is 14.4. The molecule has 0 heterocycles. The summed E-state index contributed by atoms with van der Waals surface area (Å²) >= 11 is 11.7. The molecule has 2 aromatic rings. The van der Waals surface area contributed by atoms with Crippen molar-refractivity contribution in [3.8, 4) is 0 Å². The van der Waals surface area contributed by atoms with Crippen molar-refractivity contribution in [1.29, 1.82) is 0 Å². The molecule has 8 nitrogen and oxygen atoms in total. The number of benzene rings is 2. The van der Waals surface area contributed by atoms with Gasteiger partial charge in [0, 0.05) is 12.3 Å². The lowest BCUT2D eigenvalue weighted by atomic mass is 10.1. The number of hydrogen-bond donors (Lipinski definition) is 2. The van der Waals surface area contributed by atoms with Crippen LogP contribution in [-0.4, -0.2) is 24.1 Å². The molecule has 1 atom stereocenters. The monoisotopic (exact) mass is 482 g/mol. The van der Waals surface area contributed by atoms with Gasteiger partial charge in [0.1, 0.15) is 0 Å². The van der Waals surface area contributed by atoms with Gasteiger partial charge in [0.15, 0.2) is 0 Å². The van der Waals surface area contributed by atoms with Crippen molar-refractivity contribution < 1.29 is 28.8 Å². The Morgan fingerprint density at radius 1 is 0.812 bits per heavy atom. The van der Waals surface area contributed by atoms with Crippen molar-refractivity contribution in [2.45, 2.75) is 33.6 Å². The molecule has 0 aromatic heterocycles. The fourth-order valence-corrected chi connectivity index (χ4v) is 2.17. The van der Waals surface area contributed by atoms with Gasteiger partial charge in [-0.3, -0.25) is 9.59 Å². The highest BCUT2D eigenvalue weighted by atomic mass is 35.5. The SMILES string of the molecule is CCC(=O)Nc1ccccc1Cl.CCC(C)C(=O)Nc1ccccc1Cl.O=C=O.O=C=O. The van der Waals surface area contributed by atoms with E-state index in [2.05, 4.69) is 10.6 Å². The van der Waals surface area contributed by atoms with Gasteiger partial charge in [0.05, 0.1) is 21.4 Å². The topological polar surface area (TPSA) is 126 Å². The Bertz CT molecular complexity index is 897. The van der Waals surface area contributed by atoms with Crippen molar-refractivity contribution in [2.75, 3.05) is 10.6 Å². The van der Waals surface area contributed by atoms with Gasteiger partial charge in [-0.05, 0) is 30.7 Å². The number of carbonyl (C=O) groups excluding carboxylic acids is 6. The second-order valence-corrected chi connectivity index (χ2v) is 6.64. The van der Waals surface area contributed by atoms with Crippen LogP contribution in [0.15, 0.2) is 48.5 Å². The molecule has 2 N–H and O–H groups in total. The summed E-state index contributed by atoms with van der Waals surface area (Å²) in [4.78, 5) is 55.0. The summed E-state index contributed by atoms with van der Waals surface area (Å²) in [5.74, 6) is 0.00923. The van der Waals surface area contributed by atoms with Gasteiger partial charge in [-0.1, -0.05) is 68.2 Å². The summed E-state index contributed by atoms with van der Waals surface area (Å²) in [5.41, 5.74) is 1.35. The molecule has 0 aliphatic heterocycles. The van der Waals surface area contributed by atoms with E-state index in [1.54, 1.807) is 31.2 Å². The first-order valence-corrected chi connectivity index (χ1v) is 10.1.